The Balaban J connectivity index is 2.09. The number of hydrogen-bond acceptors (Lipinski definition) is 5. The number of rotatable bonds is 5. The van der Waals surface area contributed by atoms with Gasteiger partial charge in [0.05, 0.1) is 17.5 Å². The van der Waals surface area contributed by atoms with Gasteiger partial charge < -0.3 is 15.2 Å². The van der Waals surface area contributed by atoms with Gasteiger partial charge in [0.15, 0.2) is 5.69 Å². The molecule has 0 radical (unpaired) electrons. The molecular formula is C14H17N3O3. The van der Waals surface area contributed by atoms with Crippen LogP contribution in [0.2, 0.25) is 0 Å². The van der Waals surface area contributed by atoms with Crippen molar-refractivity contribution in [2.75, 3.05) is 19.5 Å². The number of ether oxygens (including phenoxy) is 2. The lowest BCUT2D eigenvalue weighted by molar-refractivity contribution is 0.0164. The number of anilines is 1. The van der Waals surface area contributed by atoms with Crippen LogP contribution in [0.4, 0.5) is 5.69 Å². The van der Waals surface area contributed by atoms with Crippen molar-refractivity contribution in [2.45, 2.75) is 13.0 Å². The van der Waals surface area contributed by atoms with Gasteiger partial charge in [0, 0.05) is 13.3 Å². The smallest absolute Gasteiger partial charge is 0.358 e. The molecule has 6 nitrogen and oxygen atoms in total. The van der Waals surface area contributed by atoms with Crippen molar-refractivity contribution in [3.63, 3.8) is 0 Å². The van der Waals surface area contributed by atoms with Crippen LogP contribution in [0.5, 0.6) is 0 Å². The Kier molecular flexibility index (Phi) is 4.37. The number of nitrogens with two attached hydrogens (primary N) is 1. The molecule has 0 amide bonds. The van der Waals surface area contributed by atoms with Crippen LogP contribution >= 0.6 is 0 Å². The summed E-state index contributed by atoms with van der Waals surface area (Å²) >= 11 is 0. The number of para-hydroxylation sites is 2. The zero-order valence-corrected chi connectivity index (χ0v) is 11.4. The summed E-state index contributed by atoms with van der Waals surface area (Å²) in [4.78, 5) is 11.8. The molecule has 1 heterocycles. The molecule has 1 unspecified atom stereocenters. The van der Waals surface area contributed by atoms with Gasteiger partial charge in [-0.25, -0.2) is 9.48 Å². The maximum Gasteiger partial charge on any atom is 0.358 e. The van der Waals surface area contributed by atoms with E-state index in [1.807, 2.05) is 25.1 Å². The second kappa shape index (κ2) is 6.21. The number of carbonyl (C=O) groups is 1. The predicted octanol–water partition coefficient (Wildman–Crippen LogP) is 1.65. The van der Waals surface area contributed by atoms with Crippen molar-refractivity contribution < 1.29 is 14.3 Å². The summed E-state index contributed by atoms with van der Waals surface area (Å²) in [6.45, 7) is 2.01. The number of benzene rings is 1. The van der Waals surface area contributed by atoms with Crippen LogP contribution in [0.1, 0.15) is 17.4 Å². The zero-order chi connectivity index (χ0) is 14.5. The van der Waals surface area contributed by atoms with Gasteiger partial charge in [-0.05, 0) is 25.1 Å². The number of hydrogen-bond donors (Lipinski definition) is 1. The van der Waals surface area contributed by atoms with E-state index in [0.29, 0.717) is 5.69 Å². The van der Waals surface area contributed by atoms with Crippen molar-refractivity contribution in [3.05, 3.63) is 42.2 Å². The van der Waals surface area contributed by atoms with E-state index < -0.39 is 5.97 Å². The number of esters is 1. The van der Waals surface area contributed by atoms with E-state index in [1.165, 1.54) is 0 Å². The van der Waals surface area contributed by atoms with Crippen molar-refractivity contribution in [2.24, 2.45) is 0 Å². The van der Waals surface area contributed by atoms with Gasteiger partial charge in [0.2, 0.25) is 0 Å². The molecule has 1 atom stereocenters. The van der Waals surface area contributed by atoms with E-state index in [0.717, 1.165) is 5.69 Å². The van der Waals surface area contributed by atoms with Crippen molar-refractivity contribution in [1.29, 1.82) is 0 Å². The highest BCUT2D eigenvalue weighted by Crippen LogP contribution is 2.15. The van der Waals surface area contributed by atoms with E-state index in [2.05, 4.69) is 5.10 Å². The summed E-state index contributed by atoms with van der Waals surface area (Å²) in [7, 11) is 1.56. The molecule has 106 valence electrons. The van der Waals surface area contributed by atoms with Crippen molar-refractivity contribution in [3.8, 4) is 5.69 Å². The number of aromatic nitrogens is 2. The zero-order valence-electron chi connectivity index (χ0n) is 11.4. The van der Waals surface area contributed by atoms with Crippen LogP contribution in [-0.4, -0.2) is 35.6 Å². The van der Waals surface area contributed by atoms with Gasteiger partial charge in [-0.1, -0.05) is 12.1 Å². The van der Waals surface area contributed by atoms with Crippen molar-refractivity contribution >= 4 is 11.7 Å². The number of nitrogens with zero attached hydrogens (tertiary/aromatic N) is 2. The Bertz CT molecular complexity index is 595. The Morgan fingerprint density at radius 3 is 2.85 bits per heavy atom. The molecule has 0 saturated carbocycles. The van der Waals surface area contributed by atoms with Crippen LogP contribution in [0.3, 0.4) is 0 Å². The lowest BCUT2D eigenvalue weighted by Crippen LogP contribution is -2.18. The van der Waals surface area contributed by atoms with Gasteiger partial charge in [0.25, 0.3) is 0 Å². The summed E-state index contributed by atoms with van der Waals surface area (Å²) in [5, 5.41) is 4.17. The summed E-state index contributed by atoms with van der Waals surface area (Å²) < 4.78 is 11.6. The monoisotopic (exact) mass is 275 g/mol. The topological polar surface area (TPSA) is 79.4 Å². The van der Waals surface area contributed by atoms with Crippen LogP contribution in [-0.2, 0) is 9.47 Å². The fraction of sp³-hybridized carbons (Fsp3) is 0.286. The minimum absolute atomic E-state index is 0.147. The Hall–Kier alpha value is -2.34. The maximum atomic E-state index is 11.8. The summed E-state index contributed by atoms with van der Waals surface area (Å²) in [5.74, 6) is -0.484. The minimum atomic E-state index is -0.484. The molecule has 0 aliphatic rings. The molecule has 6 heteroatoms. The SMILES string of the molecule is COC(C)COC(=O)c1ccn(-c2ccccc2N)n1. The maximum absolute atomic E-state index is 11.8. The highest BCUT2D eigenvalue weighted by Gasteiger charge is 2.13. The third kappa shape index (κ3) is 3.16. The van der Waals surface area contributed by atoms with Gasteiger partial charge in [-0.15, -0.1) is 0 Å². The fourth-order valence-corrected chi connectivity index (χ4v) is 1.60. The highest BCUT2D eigenvalue weighted by atomic mass is 16.6. The van der Waals surface area contributed by atoms with Gasteiger partial charge >= 0.3 is 5.97 Å². The van der Waals surface area contributed by atoms with Crippen molar-refractivity contribution in [1.82, 2.24) is 9.78 Å². The third-order valence-corrected chi connectivity index (χ3v) is 2.83. The number of methoxy groups -OCH3 is 1. The highest BCUT2D eigenvalue weighted by molar-refractivity contribution is 5.87. The van der Waals surface area contributed by atoms with Gasteiger partial charge in [-0.3, -0.25) is 0 Å². The molecule has 2 rings (SSSR count). The molecule has 0 fully saturated rings. The van der Waals surface area contributed by atoms with E-state index in [9.17, 15) is 4.79 Å². The first-order chi connectivity index (χ1) is 9.61. The first kappa shape index (κ1) is 14.1. The molecular weight excluding hydrogens is 258 g/mol. The summed E-state index contributed by atoms with van der Waals surface area (Å²) in [6, 6.07) is 8.88. The largest absolute Gasteiger partial charge is 0.458 e. The lowest BCUT2D eigenvalue weighted by atomic mass is 10.3. The molecule has 1 aromatic carbocycles. The molecule has 20 heavy (non-hydrogen) atoms. The van der Waals surface area contributed by atoms with E-state index in [-0.39, 0.29) is 18.4 Å². The first-order valence-corrected chi connectivity index (χ1v) is 6.22. The van der Waals surface area contributed by atoms with Gasteiger partial charge in [-0.2, -0.15) is 5.10 Å². The summed E-state index contributed by atoms with van der Waals surface area (Å²) in [5.41, 5.74) is 7.40. The second-order valence-electron chi connectivity index (χ2n) is 4.35. The number of carbonyl (C=O) groups excluding carboxylic acids is 1. The lowest BCUT2D eigenvalue weighted by Gasteiger charge is -2.09. The van der Waals surface area contributed by atoms with E-state index >= 15 is 0 Å². The average Bonchev–Trinajstić information content (AvgIpc) is 2.94. The van der Waals surface area contributed by atoms with E-state index in [1.54, 1.807) is 30.1 Å². The third-order valence-electron chi connectivity index (χ3n) is 2.83. The van der Waals surface area contributed by atoms with Crippen LogP contribution in [0, 0.1) is 0 Å². The molecule has 2 aromatic rings. The second-order valence-corrected chi connectivity index (χ2v) is 4.35. The van der Waals surface area contributed by atoms with Crippen LogP contribution < -0.4 is 5.73 Å². The standard InChI is InChI=1S/C14H17N3O3/c1-10(19-2)9-20-14(18)12-7-8-17(16-12)13-6-4-3-5-11(13)15/h3-8,10H,9,15H2,1-2H3. The molecule has 0 aliphatic carbocycles. The minimum Gasteiger partial charge on any atom is -0.458 e. The summed E-state index contributed by atoms with van der Waals surface area (Å²) in [6.07, 6.45) is 1.52. The number of nitrogen functional groups attached to an aromatic ring is 1. The first-order valence-electron chi connectivity index (χ1n) is 6.22. The molecule has 0 bridgehead atoms. The Morgan fingerprint density at radius 2 is 2.15 bits per heavy atom. The molecule has 2 N–H and O–H groups in total. The molecule has 0 spiro atoms. The van der Waals surface area contributed by atoms with Crippen LogP contribution in [0.15, 0.2) is 36.5 Å². The molecule has 1 aromatic heterocycles. The van der Waals surface area contributed by atoms with Gasteiger partial charge in [0.1, 0.15) is 6.61 Å². The fourth-order valence-electron chi connectivity index (χ4n) is 1.60. The van der Waals surface area contributed by atoms with E-state index in [4.69, 9.17) is 15.2 Å². The Labute approximate surface area is 117 Å². The quantitative estimate of drug-likeness (QED) is 0.663. The molecule has 0 aliphatic heterocycles. The predicted molar refractivity (Wildman–Crippen MR) is 74.7 cm³/mol. The Morgan fingerprint density at radius 1 is 1.40 bits per heavy atom. The van der Waals surface area contributed by atoms with Crippen LogP contribution in [0.25, 0.3) is 5.69 Å². The normalized spacial score (nSPS) is 12.1. The molecule has 0 saturated heterocycles. The average molecular weight is 275 g/mol.